The lowest BCUT2D eigenvalue weighted by atomic mass is 10.1. The highest BCUT2D eigenvalue weighted by Gasteiger charge is 2.24. The second-order valence-electron chi connectivity index (χ2n) is 7.40. The lowest BCUT2D eigenvalue weighted by molar-refractivity contribution is -0.123. The number of pyridine rings is 1. The van der Waals surface area contributed by atoms with E-state index in [9.17, 15) is 9.59 Å². The fourth-order valence-electron chi connectivity index (χ4n) is 3.67. The summed E-state index contributed by atoms with van der Waals surface area (Å²) in [6.45, 7) is 3.44. The zero-order chi connectivity index (χ0) is 20.2. The Balaban J connectivity index is 1.32. The number of carbonyl (C=O) groups is 2. The number of carbonyl (C=O) groups excluding carboxylic acids is 2. The van der Waals surface area contributed by atoms with E-state index in [-0.39, 0.29) is 24.5 Å². The summed E-state index contributed by atoms with van der Waals surface area (Å²) >= 11 is 0. The Morgan fingerprint density at radius 2 is 1.86 bits per heavy atom. The number of rotatable bonds is 6. The Kier molecular flexibility index (Phi) is 5.51. The van der Waals surface area contributed by atoms with E-state index in [0.717, 1.165) is 41.3 Å². The molecule has 6 nitrogen and oxygen atoms in total. The van der Waals surface area contributed by atoms with Crippen molar-refractivity contribution in [1.29, 1.82) is 0 Å². The predicted molar refractivity (Wildman–Crippen MR) is 112 cm³/mol. The maximum atomic E-state index is 12.6. The molecule has 1 aliphatic heterocycles. The van der Waals surface area contributed by atoms with Crippen molar-refractivity contribution in [3.63, 3.8) is 0 Å². The van der Waals surface area contributed by atoms with Crippen molar-refractivity contribution in [3.8, 4) is 11.3 Å². The molecule has 148 valence electrons. The predicted octanol–water partition coefficient (Wildman–Crippen LogP) is 3.58. The second kappa shape index (κ2) is 8.39. The first-order chi connectivity index (χ1) is 14.1. The first kappa shape index (κ1) is 19.1. The molecule has 1 amide bonds. The average Bonchev–Trinajstić information content (AvgIpc) is 3.13. The van der Waals surface area contributed by atoms with Crippen LogP contribution in [0.3, 0.4) is 0 Å². The fourth-order valence-corrected chi connectivity index (χ4v) is 3.67. The van der Waals surface area contributed by atoms with Crippen molar-refractivity contribution < 1.29 is 9.59 Å². The van der Waals surface area contributed by atoms with Gasteiger partial charge in [0.25, 0.3) is 0 Å². The number of Topliss-reactive ketones (excluding diaryl/α,β-unsaturated/α-hetero) is 1. The number of anilines is 1. The molecule has 6 heteroatoms. The Hall–Kier alpha value is -3.28. The van der Waals surface area contributed by atoms with Crippen molar-refractivity contribution in [2.24, 2.45) is 0 Å². The number of benzene rings is 1. The Morgan fingerprint density at radius 3 is 2.62 bits per heavy atom. The van der Waals surface area contributed by atoms with Crippen LogP contribution in [0.5, 0.6) is 0 Å². The molecule has 0 saturated carbocycles. The Bertz CT molecular complexity index is 1010. The maximum absolute atomic E-state index is 12.6. The third kappa shape index (κ3) is 4.42. The van der Waals surface area contributed by atoms with Crippen molar-refractivity contribution in [2.75, 3.05) is 11.4 Å². The smallest absolute Gasteiger partial charge is 0.228 e. The fraction of sp³-hybridized carbons (Fsp3) is 0.304. The van der Waals surface area contributed by atoms with Gasteiger partial charge in [-0.05, 0) is 25.0 Å². The van der Waals surface area contributed by atoms with Crippen molar-refractivity contribution in [3.05, 3.63) is 66.0 Å². The minimum Gasteiger partial charge on any atom is -0.299 e. The van der Waals surface area contributed by atoms with E-state index in [2.05, 4.69) is 10.1 Å². The molecule has 0 bridgehead atoms. The average molecular weight is 388 g/mol. The van der Waals surface area contributed by atoms with Crippen LogP contribution in [0.25, 0.3) is 11.3 Å². The molecule has 1 aliphatic rings. The molecule has 0 spiro atoms. The highest BCUT2D eigenvalue weighted by molar-refractivity contribution is 5.95. The molecule has 0 unspecified atom stereocenters. The summed E-state index contributed by atoms with van der Waals surface area (Å²) in [6.07, 6.45) is 3.38. The van der Waals surface area contributed by atoms with Crippen LogP contribution in [0.4, 0.5) is 5.82 Å². The number of fused-ring (bicyclic) bond motifs is 1. The number of amides is 1. The van der Waals surface area contributed by atoms with E-state index < -0.39 is 0 Å². The van der Waals surface area contributed by atoms with E-state index in [1.54, 1.807) is 11.1 Å². The largest absolute Gasteiger partial charge is 0.299 e. The molecule has 0 radical (unpaired) electrons. The molecule has 29 heavy (non-hydrogen) atoms. The molecule has 3 aromatic rings. The number of hydrogen-bond donors (Lipinski definition) is 0. The third-order valence-corrected chi connectivity index (χ3v) is 5.12. The van der Waals surface area contributed by atoms with E-state index in [1.807, 2.05) is 60.1 Å². The van der Waals surface area contributed by atoms with Gasteiger partial charge >= 0.3 is 0 Å². The van der Waals surface area contributed by atoms with E-state index in [0.29, 0.717) is 13.0 Å². The highest BCUT2D eigenvalue weighted by atomic mass is 16.2. The van der Waals surface area contributed by atoms with Gasteiger partial charge in [0.1, 0.15) is 11.6 Å². The molecule has 0 atom stereocenters. The summed E-state index contributed by atoms with van der Waals surface area (Å²) in [5, 5.41) is 4.41. The standard InChI is InChI=1S/C23H24N4O2/c1-17-14-22-26(12-5-13-27(22)25-17)23(29)11-9-20(28)15-18-8-10-21(24-16-18)19-6-3-2-4-7-19/h2-4,6-8,10,14,16H,5,9,11-13,15H2,1H3. The lowest BCUT2D eigenvalue weighted by Gasteiger charge is -2.27. The van der Waals surface area contributed by atoms with Crippen LogP contribution in [0.15, 0.2) is 54.7 Å². The van der Waals surface area contributed by atoms with Crippen LogP contribution in [-0.2, 0) is 22.6 Å². The summed E-state index contributed by atoms with van der Waals surface area (Å²) in [4.78, 5) is 31.3. The minimum absolute atomic E-state index is 0.0169. The topological polar surface area (TPSA) is 68.1 Å². The number of ketones is 1. The van der Waals surface area contributed by atoms with Crippen LogP contribution in [0.1, 0.15) is 30.5 Å². The summed E-state index contributed by atoms with van der Waals surface area (Å²) in [7, 11) is 0. The van der Waals surface area contributed by atoms with Gasteiger partial charge in [-0.3, -0.25) is 19.5 Å². The van der Waals surface area contributed by atoms with E-state index in [4.69, 9.17) is 0 Å². The van der Waals surface area contributed by atoms with Gasteiger partial charge in [-0.25, -0.2) is 4.68 Å². The Labute approximate surface area is 170 Å². The Morgan fingerprint density at radius 1 is 1.03 bits per heavy atom. The summed E-state index contributed by atoms with van der Waals surface area (Å²) in [5.41, 5.74) is 3.71. The molecule has 0 fully saturated rings. The van der Waals surface area contributed by atoms with Crippen LogP contribution in [-0.4, -0.2) is 33.0 Å². The van der Waals surface area contributed by atoms with Gasteiger partial charge in [0.05, 0.1) is 11.4 Å². The molecule has 1 aromatic carbocycles. The summed E-state index contributed by atoms with van der Waals surface area (Å²) in [5.74, 6) is 0.873. The first-order valence-corrected chi connectivity index (χ1v) is 9.97. The summed E-state index contributed by atoms with van der Waals surface area (Å²) < 4.78 is 1.87. The quantitative estimate of drug-likeness (QED) is 0.647. The van der Waals surface area contributed by atoms with Gasteiger partial charge < -0.3 is 0 Å². The van der Waals surface area contributed by atoms with Gasteiger partial charge in [-0.1, -0.05) is 36.4 Å². The minimum atomic E-state index is -0.0169. The van der Waals surface area contributed by atoms with Crippen LogP contribution in [0, 0.1) is 6.92 Å². The molecule has 0 N–H and O–H groups in total. The number of aromatic nitrogens is 3. The van der Waals surface area contributed by atoms with Crippen molar-refractivity contribution in [2.45, 2.75) is 39.2 Å². The molecule has 4 rings (SSSR count). The monoisotopic (exact) mass is 388 g/mol. The molecule has 0 saturated heterocycles. The number of nitrogens with zero attached hydrogens (tertiary/aromatic N) is 4. The van der Waals surface area contributed by atoms with Crippen LogP contribution in [0.2, 0.25) is 0 Å². The van der Waals surface area contributed by atoms with Gasteiger partial charge in [-0.2, -0.15) is 5.10 Å². The van der Waals surface area contributed by atoms with Crippen LogP contribution >= 0.6 is 0 Å². The zero-order valence-corrected chi connectivity index (χ0v) is 16.5. The zero-order valence-electron chi connectivity index (χ0n) is 16.5. The van der Waals surface area contributed by atoms with Gasteiger partial charge in [-0.15, -0.1) is 0 Å². The molecule has 2 aromatic heterocycles. The lowest BCUT2D eigenvalue weighted by Crippen LogP contribution is -2.37. The van der Waals surface area contributed by atoms with Gasteiger partial charge in [0, 0.05) is 50.2 Å². The van der Waals surface area contributed by atoms with Crippen molar-refractivity contribution in [1.82, 2.24) is 14.8 Å². The molecule has 0 aliphatic carbocycles. The highest BCUT2D eigenvalue weighted by Crippen LogP contribution is 2.23. The SMILES string of the molecule is Cc1cc2n(n1)CCCN2C(=O)CCC(=O)Cc1ccc(-c2ccccc2)nc1. The van der Waals surface area contributed by atoms with Gasteiger partial charge in [0.2, 0.25) is 5.91 Å². The number of aryl methyl sites for hydroxylation is 2. The molecule has 3 heterocycles. The first-order valence-electron chi connectivity index (χ1n) is 9.97. The molecular formula is C23H24N4O2. The molecular weight excluding hydrogens is 364 g/mol. The van der Waals surface area contributed by atoms with Crippen LogP contribution < -0.4 is 4.90 Å². The third-order valence-electron chi connectivity index (χ3n) is 5.12. The second-order valence-corrected chi connectivity index (χ2v) is 7.40. The van der Waals surface area contributed by atoms with Gasteiger partial charge in [0.15, 0.2) is 0 Å². The summed E-state index contributed by atoms with van der Waals surface area (Å²) in [6, 6.07) is 15.7. The maximum Gasteiger partial charge on any atom is 0.228 e. The van der Waals surface area contributed by atoms with E-state index in [1.165, 1.54) is 0 Å². The van der Waals surface area contributed by atoms with E-state index >= 15 is 0 Å². The van der Waals surface area contributed by atoms with Crippen molar-refractivity contribution >= 4 is 17.5 Å². The normalized spacial score (nSPS) is 13.2. The number of hydrogen-bond acceptors (Lipinski definition) is 4.